The molecule has 16 nitrogen and oxygen atoms in total. The smallest absolute Gasteiger partial charge is 0.420 e. The number of alkyl halides is 3. The number of benzene rings is 2. The van der Waals surface area contributed by atoms with Gasteiger partial charge in [-0.15, -0.1) is 20.1 Å². The van der Waals surface area contributed by atoms with Crippen LogP contribution in [0.25, 0.3) is 21.7 Å². The van der Waals surface area contributed by atoms with Gasteiger partial charge in [-0.25, -0.2) is 9.97 Å². The Bertz CT molecular complexity index is 2340. The number of amides is 4. The molecule has 2 aromatic carbocycles. The zero-order valence-electron chi connectivity index (χ0n) is 34.2. The van der Waals surface area contributed by atoms with Crippen molar-refractivity contribution in [2.45, 2.75) is 64.4 Å². The molecule has 1 aliphatic rings. The first-order valence-corrected chi connectivity index (χ1v) is 20.7. The first kappa shape index (κ1) is 45.5. The number of aromatic nitrogens is 4. The summed E-state index contributed by atoms with van der Waals surface area (Å²) in [6.45, 7) is 7.36. The molecule has 6 rings (SSSR count). The fourth-order valence-electron chi connectivity index (χ4n) is 6.67. The Kier molecular flexibility index (Phi) is 14.5. The minimum atomic E-state index is -3.88. The van der Waals surface area contributed by atoms with Crippen LogP contribution >= 0.6 is 22.9 Å². The van der Waals surface area contributed by atoms with Crippen LogP contribution in [0.3, 0.4) is 0 Å². The van der Waals surface area contributed by atoms with Crippen LogP contribution in [0.4, 0.5) is 20.3 Å². The normalized spacial score (nSPS) is 15.8. The molecule has 1 aliphatic heterocycles. The Hall–Kier alpha value is -6.02. The van der Waals surface area contributed by atoms with Gasteiger partial charge in [0.05, 0.1) is 40.0 Å². The first-order chi connectivity index (χ1) is 29.4. The number of pyridine rings is 1. The van der Waals surface area contributed by atoms with Crippen LogP contribution in [0.15, 0.2) is 78.6 Å². The highest BCUT2D eigenvalue weighted by molar-refractivity contribution is 7.13. The molecule has 0 aliphatic carbocycles. The number of carbonyl (C=O) groups excluding carboxylic acids is 4. The van der Waals surface area contributed by atoms with Gasteiger partial charge in [0.2, 0.25) is 17.7 Å². The van der Waals surface area contributed by atoms with Gasteiger partial charge in [0, 0.05) is 61.3 Å². The summed E-state index contributed by atoms with van der Waals surface area (Å²) in [6, 6.07) is 14.3. The molecule has 3 aromatic heterocycles. The lowest BCUT2D eigenvalue weighted by Gasteiger charge is -2.35. The van der Waals surface area contributed by atoms with E-state index in [2.05, 4.69) is 46.2 Å². The monoisotopic (exact) mass is 893 g/mol. The molecule has 20 heteroatoms. The Labute approximate surface area is 364 Å². The summed E-state index contributed by atoms with van der Waals surface area (Å²) in [5.74, 6) is -1.79. The highest BCUT2D eigenvalue weighted by atomic mass is 35.5. The number of likely N-dealkylation sites (tertiary alicyclic amines) is 1. The summed E-state index contributed by atoms with van der Waals surface area (Å²) in [4.78, 5) is 64.8. The molecule has 5 aromatic rings. The average Bonchev–Trinajstić information content (AvgIpc) is 4.01. The van der Waals surface area contributed by atoms with Gasteiger partial charge in [-0.3, -0.25) is 24.3 Å². The number of anilines is 2. The molecule has 1 saturated heterocycles. The van der Waals surface area contributed by atoms with Crippen LogP contribution in [0.2, 0.25) is 0 Å². The van der Waals surface area contributed by atoms with Crippen molar-refractivity contribution in [2.24, 2.45) is 5.41 Å². The predicted octanol–water partition coefficient (Wildman–Crippen LogP) is 5.56. The number of hydrogen-bond donors (Lipinski definition) is 6. The molecule has 4 amide bonds. The van der Waals surface area contributed by atoms with Crippen molar-refractivity contribution < 1.29 is 42.5 Å². The van der Waals surface area contributed by atoms with E-state index in [1.807, 2.05) is 31.2 Å². The largest absolute Gasteiger partial charge is 0.487 e. The summed E-state index contributed by atoms with van der Waals surface area (Å²) in [6.07, 6.45) is 2.02. The van der Waals surface area contributed by atoms with Gasteiger partial charge in [-0.05, 0) is 59.9 Å². The van der Waals surface area contributed by atoms with Crippen LogP contribution < -0.4 is 26.0 Å². The number of ether oxygens (including phenoxy) is 2. The highest BCUT2D eigenvalue weighted by Crippen LogP contribution is 2.30. The van der Waals surface area contributed by atoms with Crippen LogP contribution in [0, 0.1) is 12.3 Å². The molecule has 3 atom stereocenters. The number of aliphatic hydroxyl groups excluding tert-OH is 1. The van der Waals surface area contributed by atoms with Crippen molar-refractivity contribution in [1.82, 2.24) is 35.7 Å². The van der Waals surface area contributed by atoms with Gasteiger partial charge >= 0.3 is 5.57 Å². The molecule has 62 heavy (non-hydrogen) atoms. The van der Waals surface area contributed by atoms with Crippen LogP contribution in [-0.4, -0.2) is 104 Å². The third kappa shape index (κ3) is 12.1. The Balaban J connectivity index is 0.998. The summed E-state index contributed by atoms with van der Waals surface area (Å²) in [5, 5.41) is 28.9. The fraction of sp³-hybridized carbons (Fsp3) is 0.357. The number of aromatic amines is 1. The lowest BCUT2D eigenvalue weighted by Crippen LogP contribution is -2.58. The van der Waals surface area contributed by atoms with Crippen molar-refractivity contribution in [3.05, 3.63) is 95.4 Å². The first-order valence-electron chi connectivity index (χ1n) is 19.5. The maximum Gasteiger partial charge on any atom is 0.487 e. The van der Waals surface area contributed by atoms with E-state index in [9.17, 15) is 33.1 Å². The van der Waals surface area contributed by atoms with Gasteiger partial charge in [0.1, 0.15) is 30.3 Å². The van der Waals surface area contributed by atoms with E-state index in [1.165, 1.54) is 41.6 Å². The fourth-order valence-corrected chi connectivity index (χ4v) is 7.57. The second-order valence-corrected chi connectivity index (χ2v) is 16.8. The predicted molar refractivity (Wildman–Crippen MR) is 229 cm³/mol. The number of nitrogens with one attached hydrogen (secondary N) is 5. The third-order valence-electron chi connectivity index (χ3n) is 9.77. The van der Waals surface area contributed by atoms with Crippen LogP contribution in [-0.2, 0) is 25.7 Å². The van der Waals surface area contributed by atoms with Gasteiger partial charge in [-0.2, -0.15) is 5.10 Å². The average molecular weight is 894 g/mol. The summed E-state index contributed by atoms with van der Waals surface area (Å²) < 4.78 is 35.8. The van der Waals surface area contributed by atoms with E-state index in [4.69, 9.17) is 16.3 Å². The number of aliphatic hydroxyl groups is 1. The Morgan fingerprint density at radius 2 is 1.81 bits per heavy atom. The summed E-state index contributed by atoms with van der Waals surface area (Å²) in [7, 11) is 0. The van der Waals surface area contributed by atoms with Crippen molar-refractivity contribution in [3.8, 4) is 27.4 Å². The minimum absolute atomic E-state index is 0.0530. The van der Waals surface area contributed by atoms with E-state index >= 15 is 0 Å². The van der Waals surface area contributed by atoms with Crippen LogP contribution in [0.5, 0.6) is 5.75 Å². The molecule has 4 heterocycles. The van der Waals surface area contributed by atoms with Crippen molar-refractivity contribution in [1.29, 1.82) is 0 Å². The highest BCUT2D eigenvalue weighted by Gasteiger charge is 2.44. The number of β-amino-alcohol motifs (C(OH)–C–C–N with tert-alkyl or cyclic N) is 1. The lowest BCUT2D eigenvalue weighted by molar-refractivity contribution is -0.144. The van der Waals surface area contributed by atoms with Crippen molar-refractivity contribution in [2.75, 3.05) is 36.9 Å². The van der Waals surface area contributed by atoms with E-state index in [0.29, 0.717) is 22.8 Å². The molecular weight excluding hydrogens is 848 g/mol. The van der Waals surface area contributed by atoms with E-state index < -0.39 is 52.8 Å². The second-order valence-electron chi connectivity index (χ2n) is 15.5. The number of aryl methyl sites for hydroxylation is 1. The molecule has 0 unspecified atom stereocenters. The van der Waals surface area contributed by atoms with Gasteiger partial charge in [-0.1, -0.05) is 45.0 Å². The minimum Gasteiger partial charge on any atom is -0.420 e. The molecule has 0 spiro atoms. The number of hydrogen-bond acceptors (Lipinski definition) is 12. The van der Waals surface area contributed by atoms with Gasteiger partial charge in [0.25, 0.3) is 5.91 Å². The maximum atomic E-state index is 14.0. The van der Waals surface area contributed by atoms with E-state index in [-0.39, 0.29) is 50.6 Å². The lowest BCUT2D eigenvalue weighted by atomic mass is 9.85. The SMILES string of the molecule is Cc1ncsc1-c1ccc(CNC(=O)[C@H]2C[C@H](O)CN2C(=O)[C@H](NC(=O)COCCNc2ncc(C(=O)Nc3ccc(OC(F)(F)Cl)cc3)cc2-c2ccn[nH]2)C(C)(C)C)cc1. The molecule has 0 saturated carbocycles. The Morgan fingerprint density at radius 1 is 1.06 bits per heavy atom. The zero-order chi connectivity index (χ0) is 44.6. The zero-order valence-corrected chi connectivity index (χ0v) is 35.8. The maximum absolute atomic E-state index is 14.0. The molecule has 0 bridgehead atoms. The molecule has 1 fully saturated rings. The third-order valence-corrected chi connectivity index (χ3v) is 10.8. The van der Waals surface area contributed by atoms with Crippen molar-refractivity contribution >= 4 is 58.1 Å². The van der Waals surface area contributed by atoms with Gasteiger partial charge < -0.3 is 40.7 Å². The standard InChI is InChI=1S/C42H46ClF2N9O7S/c1-24-35(62-23-49-24)26-7-5-25(6-8-26)19-48-39(58)33-18-29(55)21-54(33)40(59)36(41(2,3)4)52-34(56)22-60-16-15-46-37-31(32-13-14-50-53-32)17-27(20-47-37)38(57)51-28-9-11-30(12-10-28)61-42(43,44)45/h5-14,17,20,23,29,33,36,55H,15-16,18-19,21-22H2,1-4H3,(H,46,47)(H,48,58)(H,50,53)(H,51,57)(H,52,56)/t29-,33+,36-/m0/s1. The quantitative estimate of drug-likeness (QED) is 0.0503. The molecule has 6 N–H and O–H groups in total. The van der Waals surface area contributed by atoms with Crippen LogP contribution in [0.1, 0.15) is 48.8 Å². The molecule has 0 radical (unpaired) electrons. The second kappa shape index (κ2) is 19.8. The number of rotatable bonds is 17. The number of thiazole rings is 1. The number of H-pyrrole nitrogens is 1. The number of carbonyl (C=O) groups is 4. The van der Waals surface area contributed by atoms with Crippen molar-refractivity contribution in [3.63, 3.8) is 0 Å². The Morgan fingerprint density at radius 3 is 2.45 bits per heavy atom. The number of nitrogens with zero attached hydrogens (tertiary/aromatic N) is 4. The van der Waals surface area contributed by atoms with Gasteiger partial charge in [0.15, 0.2) is 0 Å². The topological polar surface area (TPSA) is 213 Å². The summed E-state index contributed by atoms with van der Waals surface area (Å²) >= 11 is 6.36. The number of halogens is 3. The van der Waals surface area contributed by atoms with E-state index in [0.717, 1.165) is 21.7 Å². The van der Waals surface area contributed by atoms with E-state index in [1.54, 1.807) is 49.8 Å². The molecule has 328 valence electrons. The molecular formula is C42H46ClF2N9O7S. The summed E-state index contributed by atoms with van der Waals surface area (Å²) in [5.41, 5.74) is 1.54.